The van der Waals surface area contributed by atoms with E-state index in [2.05, 4.69) is 34.4 Å². The molecule has 0 saturated carbocycles. The minimum Gasteiger partial charge on any atom is -0.369 e. The maximum absolute atomic E-state index is 12.8. The van der Waals surface area contributed by atoms with Crippen LogP contribution in [0, 0.1) is 5.41 Å². The first-order valence-electron chi connectivity index (χ1n) is 11.1. The Bertz CT molecular complexity index is 1020. The number of thiophene rings is 1. The molecule has 1 N–H and O–H groups in total. The van der Waals surface area contributed by atoms with Gasteiger partial charge < -0.3 is 19.9 Å². The van der Waals surface area contributed by atoms with Gasteiger partial charge in [0.25, 0.3) is 0 Å². The molecular weight excluding hydrogens is 424 g/mol. The fourth-order valence-corrected chi connectivity index (χ4v) is 5.22. The van der Waals surface area contributed by atoms with Crippen molar-refractivity contribution < 1.29 is 14.3 Å². The first-order chi connectivity index (χ1) is 15.5. The number of ether oxygens (including phenoxy) is 1. The van der Waals surface area contributed by atoms with Crippen LogP contribution in [0.1, 0.15) is 28.8 Å². The van der Waals surface area contributed by atoms with Gasteiger partial charge in [-0.25, -0.2) is 4.98 Å². The number of likely N-dealkylation sites (tertiary alicyclic amines) is 2. The van der Waals surface area contributed by atoms with Crippen LogP contribution < -0.4 is 5.32 Å². The summed E-state index contributed by atoms with van der Waals surface area (Å²) < 4.78 is 5.84. The summed E-state index contributed by atoms with van der Waals surface area (Å²) in [4.78, 5) is 34.9. The summed E-state index contributed by atoms with van der Waals surface area (Å²) in [6.45, 7) is 3.71. The van der Waals surface area contributed by atoms with Gasteiger partial charge in [0.15, 0.2) is 0 Å². The van der Waals surface area contributed by atoms with Crippen molar-refractivity contribution in [3.05, 3.63) is 51.9 Å². The van der Waals surface area contributed by atoms with Crippen molar-refractivity contribution in [1.29, 1.82) is 0 Å². The molecule has 0 atom stereocenters. The average Bonchev–Trinajstić information content (AvgIpc) is 3.27. The zero-order valence-corrected chi connectivity index (χ0v) is 19.1. The maximum Gasteiger partial charge on any atom is 0.246 e. The second-order valence-electron chi connectivity index (χ2n) is 9.08. The van der Waals surface area contributed by atoms with Gasteiger partial charge in [0.2, 0.25) is 11.8 Å². The summed E-state index contributed by atoms with van der Waals surface area (Å²) in [5, 5.41) is 5.05. The van der Waals surface area contributed by atoms with E-state index < -0.39 is 0 Å². The summed E-state index contributed by atoms with van der Waals surface area (Å²) in [7, 11) is 2.10. The number of pyridine rings is 1. The van der Waals surface area contributed by atoms with E-state index >= 15 is 0 Å². The number of hydrogen-bond acceptors (Lipinski definition) is 6. The van der Waals surface area contributed by atoms with Gasteiger partial charge in [-0.3, -0.25) is 9.59 Å². The van der Waals surface area contributed by atoms with Crippen molar-refractivity contribution in [1.82, 2.24) is 14.8 Å². The summed E-state index contributed by atoms with van der Waals surface area (Å²) in [6, 6.07) is 6.12. The van der Waals surface area contributed by atoms with Crippen LogP contribution in [0.25, 0.3) is 6.08 Å². The number of nitrogens with zero attached hydrogens (tertiary/aromatic N) is 3. The number of anilines is 1. The summed E-state index contributed by atoms with van der Waals surface area (Å²) in [6.07, 6.45) is 7.65. The normalized spacial score (nSPS) is 20.9. The highest BCUT2D eigenvalue weighted by Gasteiger charge is 2.44. The van der Waals surface area contributed by atoms with E-state index in [4.69, 9.17) is 4.74 Å². The zero-order valence-electron chi connectivity index (χ0n) is 18.3. The van der Waals surface area contributed by atoms with E-state index in [1.165, 1.54) is 4.88 Å². The number of piperidine rings is 1. The number of carbonyl (C=O) groups is 2. The third-order valence-electron chi connectivity index (χ3n) is 6.79. The van der Waals surface area contributed by atoms with Crippen LogP contribution in [0.4, 0.5) is 5.82 Å². The predicted molar refractivity (Wildman–Crippen MR) is 124 cm³/mol. The highest BCUT2D eigenvalue weighted by atomic mass is 32.1. The molecule has 8 heteroatoms. The Morgan fingerprint density at radius 3 is 2.94 bits per heavy atom. The molecule has 3 aliphatic heterocycles. The molecule has 1 spiro atoms. The minimum absolute atomic E-state index is 0.0150. The highest BCUT2D eigenvalue weighted by Crippen LogP contribution is 2.40. The average molecular weight is 453 g/mol. The number of amides is 2. The second kappa shape index (κ2) is 8.77. The lowest BCUT2D eigenvalue weighted by atomic mass is 9.71. The molecule has 0 aliphatic carbocycles. The Hall–Kier alpha value is -2.55. The van der Waals surface area contributed by atoms with Gasteiger partial charge >= 0.3 is 0 Å². The van der Waals surface area contributed by atoms with Gasteiger partial charge in [-0.15, -0.1) is 11.3 Å². The summed E-state index contributed by atoms with van der Waals surface area (Å²) in [5.74, 6) is 0.730. The van der Waals surface area contributed by atoms with Gasteiger partial charge in [-0.05, 0) is 74.1 Å². The number of carbonyl (C=O) groups excluding carboxylic acids is 2. The van der Waals surface area contributed by atoms with Crippen molar-refractivity contribution in [2.75, 3.05) is 38.5 Å². The molecule has 7 nitrogen and oxygen atoms in total. The molecule has 3 aliphatic rings. The van der Waals surface area contributed by atoms with Crippen LogP contribution in [0.2, 0.25) is 0 Å². The fourth-order valence-electron chi connectivity index (χ4n) is 4.59. The van der Waals surface area contributed by atoms with Crippen LogP contribution in [0.15, 0.2) is 35.9 Å². The molecule has 2 fully saturated rings. The van der Waals surface area contributed by atoms with E-state index in [9.17, 15) is 9.59 Å². The Morgan fingerprint density at radius 1 is 1.38 bits per heavy atom. The Kier molecular flexibility index (Phi) is 5.84. The topological polar surface area (TPSA) is 74.8 Å². The van der Waals surface area contributed by atoms with Crippen molar-refractivity contribution in [3.63, 3.8) is 0 Å². The van der Waals surface area contributed by atoms with Crippen molar-refractivity contribution >= 4 is 35.0 Å². The van der Waals surface area contributed by atoms with E-state index in [0.29, 0.717) is 31.9 Å². The molecule has 2 aromatic rings. The SMILES string of the molecule is CN1CCC2(CC1)Cc1cc(/C=C/C(=O)N3CC(OCc4cccs4)C3)cnc1NC2=O. The number of rotatable bonds is 5. The van der Waals surface area contributed by atoms with Crippen molar-refractivity contribution in [3.8, 4) is 0 Å². The molecule has 0 bridgehead atoms. The lowest BCUT2D eigenvalue weighted by Gasteiger charge is -2.42. The van der Waals surface area contributed by atoms with Gasteiger partial charge in [-0.2, -0.15) is 0 Å². The van der Waals surface area contributed by atoms with Crippen LogP contribution in [-0.4, -0.2) is 65.9 Å². The number of nitrogens with one attached hydrogen (secondary N) is 1. The van der Waals surface area contributed by atoms with Crippen LogP contribution in [-0.2, 0) is 27.4 Å². The summed E-state index contributed by atoms with van der Waals surface area (Å²) >= 11 is 1.68. The van der Waals surface area contributed by atoms with E-state index in [1.54, 1.807) is 28.5 Å². The Labute approximate surface area is 192 Å². The summed E-state index contributed by atoms with van der Waals surface area (Å²) in [5.41, 5.74) is 1.59. The highest BCUT2D eigenvalue weighted by molar-refractivity contribution is 7.09. The van der Waals surface area contributed by atoms with Crippen molar-refractivity contribution in [2.45, 2.75) is 32.0 Å². The molecule has 32 heavy (non-hydrogen) atoms. The first-order valence-corrected chi connectivity index (χ1v) is 12.0. The number of aromatic nitrogens is 1. The molecule has 0 aromatic carbocycles. The third kappa shape index (κ3) is 4.35. The molecule has 2 saturated heterocycles. The standard InChI is InChI=1S/C24H28N4O3S/c1-27-8-6-24(7-9-27)12-18-11-17(13-25-22(18)26-23(24)30)4-5-21(29)28-14-19(15-28)31-16-20-3-2-10-32-20/h2-5,10-11,13,19H,6-9,12,14-16H2,1H3,(H,25,26,30)/b5-4+. The molecule has 2 amide bonds. The minimum atomic E-state index is -0.338. The quantitative estimate of drug-likeness (QED) is 0.706. The molecule has 2 aromatic heterocycles. The zero-order chi connectivity index (χ0) is 22.1. The van der Waals surface area contributed by atoms with Crippen LogP contribution in [0.5, 0.6) is 0 Å². The van der Waals surface area contributed by atoms with Gasteiger partial charge in [0, 0.05) is 30.2 Å². The Balaban J connectivity index is 1.17. The monoisotopic (exact) mass is 452 g/mol. The van der Waals surface area contributed by atoms with Crippen molar-refractivity contribution in [2.24, 2.45) is 5.41 Å². The lowest BCUT2D eigenvalue weighted by molar-refractivity contribution is -0.140. The third-order valence-corrected chi connectivity index (χ3v) is 7.64. The predicted octanol–water partition coefficient (Wildman–Crippen LogP) is 2.79. The van der Waals surface area contributed by atoms with E-state index in [0.717, 1.165) is 37.1 Å². The van der Waals surface area contributed by atoms with Gasteiger partial charge in [0.1, 0.15) is 5.82 Å². The second-order valence-corrected chi connectivity index (χ2v) is 10.1. The molecule has 0 unspecified atom stereocenters. The lowest BCUT2D eigenvalue weighted by Crippen LogP contribution is -2.54. The molecule has 0 radical (unpaired) electrons. The smallest absolute Gasteiger partial charge is 0.246 e. The first kappa shape index (κ1) is 21.3. The van der Waals surface area contributed by atoms with Gasteiger partial charge in [-0.1, -0.05) is 6.07 Å². The number of fused-ring (bicyclic) bond motifs is 1. The largest absolute Gasteiger partial charge is 0.369 e. The number of hydrogen-bond donors (Lipinski definition) is 1. The van der Waals surface area contributed by atoms with Crippen LogP contribution in [0.3, 0.4) is 0 Å². The van der Waals surface area contributed by atoms with Crippen LogP contribution >= 0.6 is 11.3 Å². The molecule has 168 valence electrons. The Morgan fingerprint density at radius 2 is 2.19 bits per heavy atom. The fraction of sp³-hybridized carbons (Fsp3) is 0.458. The van der Waals surface area contributed by atoms with Gasteiger partial charge in [0.05, 0.1) is 18.1 Å². The molecule has 5 heterocycles. The molecule has 5 rings (SSSR count). The maximum atomic E-state index is 12.8. The van der Waals surface area contributed by atoms with E-state index in [-0.39, 0.29) is 23.3 Å². The molecular formula is C24H28N4O3S. The van der Waals surface area contributed by atoms with E-state index in [1.807, 2.05) is 17.5 Å².